The van der Waals surface area contributed by atoms with Crippen LogP contribution in [0.3, 0.4) is 0 Å². The van der Waals surface area contributed by atoms with Crippen LogP contribution in [-0.2, 0) is 4.79 Å². The summed E-state index contributed by atoms with van der Waals surface area (Å²) in [5.41, 5.74) is 7.34. The largest absolute Gasteiger partial charge is 0.399 e. The highest BCUT2D eigenvalue weighted by Gasteiger charge is 2.25. The van der Waals surface area contributed by atoms with Gasteiger partial charge in [-0.1, -0.05) is 23.8 Å². The predicted octanol–water partition coefficient (Wildman–Crippen LogP) is 5.05. The average molecular weight is 486 g/mol. The van der Waals surface area contributed by atoms with Crippen molar-refractivity contribution in [2.75, 3.05) is 11.1 Å². The van der Waals surface area contributed by atoms with Crippen molar-refractivity contribution in [1.82, 2.24) is 15.3 Å². The van der Waals surface area contributed by atoms with Crippen LogP contribution in [-0.4, -0.2) is 21.8 Å². The van der Waals surface area contributed by atoms with Crippen LogP contribution < -0.4 is 16.4 Å². The molecule has 0 saturated carbocycles. The Morgan fingerprint density at radius 2 is 1.94 bits per heavy atom. The average Bonchev–Trinajstić information content (AvgIpc) is 3.13. The summed E-state index contributed by atoms with van der Waals surface area (Å²) in [4.78, 5) is 32.7. The Kier molecular flexibility index (Phi) is 6.65. The fraction of sp³-hybridized carbons (Fsp3) is 0.208. The van der Waals surface area contributed by atoms with E-state index in [1.54, 1.807) is 30.4 Å². The zero-order valence-electron chi connectivity index (χ0n) is 18.2. The van der Waals surface area contributed by atoms with Gasteiger partial charge in [0.25, 0.3) is 5.91 Å². The molecular weight excluding hydrogens is 464 g/mol. The lowest BCUT2D eigenvalue weighted by Crippen LogP contribution is -2.30. The number of nitrogens with one attached hydrogen (secondary N) is 3. The maximum Gasteiger partial charge on any atom is 0.257 e. The molecule has 1 aliphatic heterocycles. The lowest BCUT2D eigenvalue weighted by Gasteiger charge is -2.16. The molecule has 2 aromatic carbocycles. The van der Waals surface area contributed by atoms with Gasteiger partial charge in [0.05, 0.1) is 11.7 Å². The van der Waals surface area contributed by atoms with Crippen LogP contribution in [0.25, 0.3) is 11.3 Å². The lowest BCUT2D eigenvalue weighted by atomic mass is 10.1. The highest BCUT2D eigenvalue weighted by Crippen LogP contribution is 2.35. The number of allylic oxidation sites excluding steroid dienone is 1. The van der Waals surface area contributed by atoms with Crippen LogP contribution >= 0.6 is 11.6 Å². The summed E-state index contributed by atoms with van der Waals surface area (Å²) in [5.74, 6) is -2.75. The maximum atomic E-state index is 14.4. The van der Waals surface area contributed by atoms with Crippen molar-refractivity contribution in [3.63, 3.8) is 0 Å². The molecule has 34 heavy (non-hydrogen) atoms. The van der Waals surface area contributed by atoms with Gasteiger partial charge in [0.15, 0.2) is 0 Å². The first kappa shape index (κ1) is 23.4. The van der Waals surface area contributed by atoms with Gasteiger partial charge in [-0.25, -0.2) is 13.8 Å². The van der Waals surface area contributed by atoms with Crippen molar-refractivity contribution >= 4 is 34.8 Å². The first-order valence-electron chi connectivity index (χ1n) is 10.6. The molecule has 1 atom stereocenters. The van der Waals surface area contributed by atoms with Gasteiger partial charge in [0.1, 0.15) is 33.9 Å². The van der Waals surface area contributed by atoms with E-state index < -0.39 is 29.1 Å². The van der Waals surface area contributed by atoms with Crippen molar-refractivity contribution in [3.8, 4) is 11.3 Å². The van der Waals surface area contributed by atoms with Crippen molar-refractivity contribution in [3.05, 3.63) is 76.2 Å². The highest BCUT2D eigenvalue weighted by atomic mass is 35.5. The Balaban J connectivity index is 1.74. The van der Waals surface area contributed by atoms with Crippen molar-refractivity contribution < 1.29 is 18.4 Å². The number of imidazole rings is 1. The Morgan fingerprint density at radius 3 is 2.68 bits per heavy atom. The van der Waals surface area contributed by atoms with Crippen LogP contribution in [0.15, 0.2) is 42.5 Å². The summed E-state index contributed by atoms with van der Waals surface area (Å²) in [6.45, 7) is 1.53. The van der Waals surface area contributed by atoms with Crippen molar-refractivity contribution in [2.24, 2.45) is 0 Å². The number of hydrogen-bond acceptors (Lipinski definition) is 4. The van der Waals surface area contributed by atoms with E-state index in [2.05, 4.69) is 20.6 Å². The Bertz CT molecular complexity index is 1280. The standard InChI is InChI=1S/C24H22ClF2N5O2/c1-12-9-15(26)20(16(27)10-12)24(34)30-17-5-3-2-4-6-19(33)29-18-11-13(28)7-8-14(18)21-22(25)32-23(17)31-21/h2-3,7-11,17H,4-6,28H2,1H3,(H,29,33)(H,30,34)(H,31,32)/b3-2+/t17-/m0/s1. The summed E-state index contributed by atoms with van der Waals surface area (Å²) in [5, 5.41) is 5.64. The van der Waals surface area contributed by atoms with Crippen LogP contribution in [0.2, 0.25) is 5.15 Å². The molecule has 0 saturated heterocycles. The summed E-state index contributed by atoms with van der Waals surface area (Å²) >= 11 is 6.43. The monoisotopic (exact) mass is 485 g/mol. The quantitative estimate of drug-likeness (QED) is 0.300. The molecule has 0 fully saturated rings. The lowest BCUT2D eigenvalue weighted by molar-refractivity contribution is -0.116. The number of aromatic nitrogens is 2. The van der Waals surface area contributed by atoms with E-state index >= 15 is 0 Å². The second-order valence-corrected chi connectivity index (χ2v) is 8.39. The Morgan fingerprint density at radius 1 is 1.21 bits per heavy atom. The molecule has 2 bridgehead atoms. The molecule has 0 unspecified atom stereocenters. The topological polar surface area (TPSA) is 113 Å². The number of carbonyl (C=O) groups excluding carboxylic acids is 2. The van der Waals surface area contributed by atoms with E-state index in [0.29, 0.717) is 40.4 Å². The molecule has 1 aliphatic rings. The molecule has 3 aromatic rings. The van der Waals surface area contributed by atoms with E-state index in [9.17, 15) is 18.4 Å². The van der Waals surface area contributed by atoms with Gasteiger partial charge in [-0.2, -0.15) is 0 Å². The molecule has 0 spiro atoms. The number of amides is 2. The van der Waals surface area contributed by atoms with Gasteiger partial charge in [0.2, 0.25) is 5.91 Å². The number of nitrogens with two attached hydrogens (primary N) is 1. The van der Waals surface area contributed by atoms with Gasteiger partial charge < -0.3 is 21.4 Å². The van der Waals surface area contributed by atoms with Crippen LogP contribution in [0.1, 0.15) is 47.1 Å². The van der Waals surface area contributed by atoms with Crippen molar-refractivity contribution in [1.29, 1.82) is 0 Å². The van der Waals surface area contributed by atoms with E-state index in [1.165, 1.54) is 6.92 Å². The number of anilines is 2. The third kappa shape index (κ3) is 4.94. The van der Waals surface area contributed by atoms with E-state index in [4.69, 9.17) is 17.3 Å². The normalized spacial score (nSPS) is 16.9. The number of benzene rings is 2. The number of rotatable bonds is 2. The van der Waals surface area contributed by atoms with E-state index in [-0.39, 0.29) is 23.9 Å². The number of carbonyl (C=O) groups is 2. The van der Waals surface area contributed by atoms with Crippen LogP contribution in [0.5, 0.6) is 0 Å². The molecule has 176 valence electrons. The summed E-state index contributed by atoms with van der Waals surface area (Å²) in [6.07, 6.45) is 4.48. The number of nitrogen functional groups attached to an aromatic ring is 1. The van der Waals surface area contributed by atoms with Crippen LogP contribution in [0, 0.1) is 18.6 Å². The van der Waals surface area contributed by atoms with Gasteiger partial charge in [-0.05, 0) is 55.7 Å². The molecular formula is C24H22ClF2N5O2. The Labute approximate surface area is 199 Å². The molecule has 5 N–H and O–H groups in total. The van der Waals surface area contributed by atoms with Gasteiger partial charge in [-0.15, -0.1) is 0 Å². The SMILES string of the molecule is Cc1cc(F)c(C(=O)N[C@H]2C/C=C/CCC(=O)Nc3cc(N)ccc3-c3nc2[nH]c3Cl)c(F)c1. The number of aromatic amines is 1. The first-order chi connectivity index (χ1) is 16.2. The summed E-state index contributed by atoms with van der Waals surface area (Å²) < 4.78 is 28.7. The zero-order chi connectivity index (χ0) is 24.4. The second kappa shape index (κ2) is 9.64. The van der Waals surface area contributed by atoms with Gasteiger partial charge in [0, 0.05) is 17.7 Å². The van der Waals surface area contributed by atoms with Crippen molar-refractivity contribution in [2.45, 2.75) is 32.2 Å². The molecule has 10 heteroatoms. The number of aryl methyl sites for hydroxylation is 1. The highest BCUT2D eigenvalue weighted by molar-refractivity contribution is 6.32. The van der Waals surface area contributed by atoms with E-state index in [0.717, 1.165) is 12.1 Å². The molecule has 2 amide bonds. The fourth-order valence-electron chi connectivity index (χ4n) is 3.75. The summed E-state index contributed by atoms with van der Waals surface area (Å²) in [7, 11) is 0. The van der Waals surface area contributed by atoms with Gasteiger partial charge in [-0.3, -0.25) is 9.59 Å². The second-order valence-electron chi connectivity index (χ2n) is 8.01. The number of hydrogen-bond donors (Lipinski definition) is 4. The maximum absolute atomic E-state index is 14.4. The molecule has 2 heterocycles. The molecule has 0 radical (unpaired) electrons. The minimum atomic E-state index is -0.954. The fourth-order valence-corrected chi connectivity index (χ4v) is 3.99. The summed E-state index contributed by atoms with van der Waals surface area (Å²) in [6, 6.07) is 6.36. The third-order valence-corrected chi connectivity index (χ3v) is 5.65. The van der Waals surface area contributed by atoms with E-state index in [1.807, 2.05) is 0 Å². The number of halogens is 3. The Hall–Kier alpha value is -3.72. The first-order valence-corrected chi connectivity index (χ1v) is 11.0. The molecule has 7 nitrogen and oxygen atoms in total. The zero-order valence-corrected chi connectivity index (χ0v) is 19.0. The number of fused-ring (bicyclic) bond motifs is 4. The van der Waals surface area contributed by atoms with Crippen LogP contribution in [0.4, 0.5) is 20.2 Å². The number of nitrogens with zero attached hydrogens (tertiary/aromatic N) is 1. The molecule has 0 aliphatic carbocycles. The number of H-pyrrole nitrogens is 1. The minimum Gasteiger partial charge on any atom is -0.399 e. The third-order valence-electron chi connectivity index (χ3n) is 5.38. The smallest absolute Gasteiger partial charge is 0.257 e. The van der Waals surface area contributed by atoms with Gasteiger partial charge >= 0.3 is 0 Å². The predicted molar refractivity (Wildman–Crippen MR) is 126 cm³/mol. The molecule has 1 aromatic heterocycles. The minimum absolute atomic E-state index is 0.170. The molecule has 4 rings (SSSR count).